The van der Waals surface area contributed by atoms with Crippen LogP contribution in [0.3, 0.4) is 0 Å². The van der Waals surface area contributed by atoms with Gasteiger partial charge in [-0.05, 0) is 37.6 Å². The Morgan fingerprint density at radius 1 is 1.43 bits per heavy atom. The van der Waals surface area contributed by atoms with Crippen molar-refractivity contribution in [2.24, 2.45) is 0 Å². The van der Waals surface area contributed by atoms with Gasteiger partial charge >= 0.3 is 0 Å². The number of thioether (sulfide) groups is 1. The lowest BCUT2D eigenvalue weighted by Crippen LogP contribution is -2.28. The predicted octanol–water partition coefficient (Wildman–Crippen LogP) is 2.93. The molecule has 0 bridgehead atoms. The molecule has 0 saturated carbocycles. The summed E-state index contributed by atoms with van der Waals surface area (Å²) in [7, 11) is 1.77. The van der Waals surface area contributed by atoms with Gasteiger partial charge in [0.25, 0.3) is 0 Å². The third kappa shape index (κ3) is 4.57. The summed E-state index contributed by atoms with van der Waals surface area (Å²) < 4.78 is 1.05. The maximum absolute atomic E-state index is 12.1. The Bertz CT molecular complexity index is 644. The smallest absolute Gasteiger partial charge is 0.233 e. The van der Waals surface area contributed by atoms with Crippen LogP contribution < -0.4 is 0 Å². The molecular weight excluding hydrogens is 352 g/mol. The summed E-state index contributed by atoms with van der Waals surface area (Å²) in [6.07, 6.45) is 0. The first-order chi connectivity index (χ1) is 9.95. The Morgan fingerprint density at radius 3 is 2.81 bits per heavy atom. The van der Waals surface area contributed by atoms with Crippen LogP contribution in [-0.2, 0) is 11.3 Å². The fourth-order valence-corrected chi connectivity index (χ4v) is 3.21. The summed E-state index contributed by atoms with van der Waals surface area (Å²) in [5.41, 5.74) is 1.16. The summed E-state index contributed by atoms with van der Waals surface area (Å²) in [6, 6.07) is 6.06. The van der Waals surface area contributed by atoms with Crippen molar-refractivity contribution in [3.8, 4) is 0 Å². The molecule has 5 nitrogen and oxygen atoms in total. The fraction of sp³-hybridized carbons (Fsp3) is 0.357. The summed E-state index contributed by atoms with van der Waals surface area (Å²) in [6.45, 7) is 4.30. The van der Waals surface area contributed by atoms with E-state index < -0.39 is 0 Å². The van der Waals surface area contributed by atoms with Crippen molar-refractivity contribution in [3.63, 3.8) is 0 Å². The van der Waals surface area contributed by atoms with E-state index in [0.29, 0.717) is 18.1 Å². The molecule has 2 aromatic rings. The second kappa shape index (κ2) is 7.09. The largest absolute Gasteiger partial charge is 0.337 e. The number of aryl methyl sites for hydroxylation is 2. The summed E-state index contributed by atoms with van der Waals surface area (Å²) in [5, 5.41) is 6.81. The highest BCUT2D eigenvalue weighted by atomic mass is 79.9. The lowest BCUT2D eigenvalue weighted by atomic mass is 10.2. The molecule has 112 valence electrons. The average molecular weight is 369 g/mol. The lowest BCUT2D eigenvalue weighted by Gasteiger charge is -2.15. The van der Waals surface area contributed by atoms with Gasteiger partial charge in [0.1, 0.15) is 5.82 Å². The van der Waals surface area contributed by atoms with Crippen LogP contribution in [0.5, 0.6) is 0 Å². The molecule has 2 rings (SSSR count). The molecule has 1 N–H and O–H groups in total. The van der Waals surface area contributed by atoms with E-state index in [1.807, 2.05) is 32.0 Å². The van der Waals surface area contributed by atoms with Crippen LogP contribution in [0.2, 0.25) is 0 Å². The van der Waals surface area contributed by atoms with Gasteiger partial charge in [-0.25, -0.2) is 4.98 Å². The lowest BCUT2D eigenvalue weighted by molar-refractivity contribution is -0.127. The van der Waals surface area contributed by atoms with E-state index in [0.717, 1.165) is 20.8 Å². The molecule has 1 heterocycles. The van der Waals surface area contributed by atoms with Gasteiger partial charge in [0.05, 0.1) is 12.3 Å². The molecule has 1 aromatic carbocycles. The molecule has 0 fully saturated rings. The average Bonchev–Trinajstić information content (AvgIpc) is 2.82. The molecule has 0 radical (unpaired) electrons. The first kappa shape index (κ1) is 16.0. The molecule has 0 spiro atoms. The maximum Gasteiger partial charge on any atom is 0.233 e. The van der Waals surface area contributed by atoms with Crippen molar-refractivity contribution in [1.29, 1.82) is 0 Å². The summed E-state index contributed by atoms with van der Waals surface area (Å²) >= 11 is 4.98. The number of nitrogens with one attached hydrogen (secondary N) is 1. The van der Waals surface area contributed by atoms with Crippen molar-refractivity contribution in [2.45, 2.75) is 25.3 Å². The molecule has 7 heteroatoms. The van der Waals surface area contributed by atoms with Crippen LogP contribution in [0.15, 0.2) is 27.6 Å². The highest BCUT2D eigenvalue weighted by molar-refractivity contribution is 9.10. The number of carbonyl (C=O) groups excluding carboxylic acids is 1. The third-order valence-corrected chi connectivity index (χ3v) is 4.59. The molecule has 0 atom stereocenters. The van der Waals surface area contributed by atoms with Crippen molar-refractivity contribution in [3.05, 3.63) is 39.9 Å². The normalized spacial score (nSPS) is 10.7. The van der Waals surface area contributed by atoms with Gasteiger partial charge in [0.15, 0.2) is 5.82 Å². The van der Waals surface area contributed by atoms with Gasteiger partial charge < -0.3 is 4.90 Å². The van der Waals surface area contributed by atoms with Gasteiger partial charge in [0, 0.05) is 16.4 Å². The van der Waals surface area contributed by atoms with E-state index in [2.05, 4.69) is 31.1 Å². The second-order valence-electron chi connectivity index (χ2n) is 4.79. The van der Waals surface area contributed by atoms with Crippen LogP contribution in [0.1, 0.15) is 17.2 Å². The van der Waals surface area contributed by atoms with E-state index in [4.69, 9.17) is 0 Å². The van der Waals surface area contributed by atoms with E-state index in [1.165, 1.54) is 0 Å². The van der Waals surface area contributed by atoms with Crippen LogP contribution in [0, 0.1) is 13.8 Å². The minimum Gasteiger partial charge on any atom is -0.337 e. The fourth-order valence-electron chi connectivity index (χ4n) is 1.78. The highest BCUT2D eigenvalue weighted by Gasteiger charge is 2.12. The zero-order valence-corrected chi connectivity index (χ0v) is 14.6. The maximum atomic E-state index is 12.1. The number of benzene rings is 1. The number of rotatable bonds is 5. The molecule has 0 saturated heterocycles. The van der Waals surface area contributed by atoms with Gasteiger partial charge in [-0.1, -0.05) is 15.9 Å². The highest BCUT2D eigenvalue weighted by Crippen LogP contribution is 2.25. The quantitative estimate of drug-likeness (QED) is 0.824. The Kier molecular flexibility index (Phi) is 5.41. The zero-order valence-electron chi connectivity index (χ0n) is 12.2. The Morgan fingerprint density at radius 2 is 2.19 bits per heavy atom. The van der Waals surface area contributed by atoms with Crippen molar-refractivity contribution in [2.75, 3.05) is 12.8 Å². The number of nitrogens with zero attached hydrogens (tertiary/aromatic N) is 3. The van der Waals surface area contributed by atoms with Crippen molar-refractivity contribution in [1.82, 2.24) is 20.1 Å². The third-order valence-electron chi connectivity index (χ3n) is 2.94. The second-order valence-corrected chi connectivity index (χ2v) is 6.72. The number of hydrogen-bond donors (Lipinski definition) is 1. The predicted molar refractivity (Wildman–Crippen MR) is 87.2 cm³/mol. The Balaban J connectivity index is 1.89. The minimum absolute atomic E-state index is 0.0600. The SMILES string of the molecule is Cc1nc(CN(C)C(=O)CSc2ccc(Br)cc2C)n[nH]1. The monoisotopic (exact) mass is 368 g/mol. The molecule has 0 aliphatic rings. The molecule has 1 amide bonds. The number of amides is 1. The van der Waals surface area contributed by atoms with Crippen LogP contribution in [0.4, 0.5) is 0 Å². The van der Waals surface area contributed by atoms with Gasteiger partial charge in [-0.15, -0.1) is 11.8 Å². The molecule has 0 aliphatic heterocycles. The molecule has 0 aliphatic carbocycles. The first-order valence-corrected chi connectivity index (χ1v) is 8.24. The molecule has 1 aromatic heterocycles. The van der Waals surface area contributed by atoms with E-state index in [1.54, 1.807) is 23.7 Å². The molecule has 21 heavy (non-hydrogen) atoms. The van der Waals surface area contributed by atoms with Crippen molar-refractivity contribution < 1.29 is 4.79 Å². The number of aromatic amines is 1. The minimum atomic E-state index is 0.0600. The van der Waals surface area contributed by atoms with Crippen LogP contribution in [-0.4, -0.2) is 38.8 Å². The molecular formula is C14H17BrN4OS. The number of halogens is 1. The topological polar surface area (TPSA) is 61.9 Å². The number of H-pyrrole nitrogens is 1. The summed E-state index contributed by atoms with van der Waals surface area (Å²) in [4.78, 5) is 19.1. The van der Waals surface area contributed by atoms with E-state index >= 15 is 0 Å². The van der Waals surface area contributed by atoms with E-state index in [-0.39, 0.29) is 5.91 Å². The number of carbonyl (C=O) groups is 1. The van der Waals surface area contributed by atoms with Gasteiger partial charge in [-0.2, -0.15) is 5.10 Å². The van der Waals surface area contributed by atoms with Crippen LogP contribution in [0.25, 0.3) is 0 Å². The van der Waals surface area contributed by atoms with Crippen LogP contribution >= 0.6 is 27.7 Å². The number of hydrogen-bond acceptors (Lipinski definition) is 4. The molecule has 0 unspecified atom stereocenters. The Labute approximate surface area is 136 Å². The summed E-state index contributed by atoms with van der Waals surface area (Å²) in [5.74, 6) is 1.85. The van der Waals surface area contributed by atoms with Gasteiger partial charge in [-0.3, -0.25) is 9.89 Å². The first-order valence-electron chi connectivity index (χ1n) is 6.46. The standard InChI is InChI=1S/C14H17BrN4OS/c1-9-6-11(15)4-5-12(9)21-8-14(20)19(3)7-13-16-10(2)17-18-13/h4-6H,7-8H2,1-3H3,(H,16,17,18). The van der Waals surface area contributed by atoms with Gasteiger partial charge in [0.2, 0.25) is 5.91 Å². The Hall–Kier alpha value is -1.34. The van der Waals surface area contributed by atoms with Crippen molar-refractivity contribution >= 4 is 33.6 Å². The number of aromatic nitrogens is 3. The van der Waals surface area contributed by atoms with E-state index in [9.17, 15) is 4.79 Å². The zero-order chi connectivity index (χ0) is 15.4.